The van der Waals surface area contributed by atoms with E-state index in [1.165, 1.54) is 11.3 Å². The number of para-hydroxylation sites is 1. The second-order valence-electron chi connectivity index (χ2n) is 8.45. The maximum Gasteiger partial charge on any atom is 0.271 e. The topological polar surface area (TPSA) is 81.9 Å². The third-order valence-electron chi connectivity index (χ3n) is 6.12. The van der Waals surface area contributed by atoms with Gasteiger partial charge >= 0.3 is 0 Å². The maximum atomic E-state index is 13.8. The molecule has 37 heavy (non-hydrogen) atoms. The van der Waals surface area contributed by atoms with Crippen molar-refractivity contribution in [1.82, 2.24) is 4.57 Å². The van der Waals surface area contributed by atoms with Crippen LogP contribution in [0.3, 0.4) is 0 Å². The molecule has 1 aliphatic rings. The number of ether oxygens (including phenoxy) is 2. The van der Waals surface area contributed by atoms with E-state index >= 15 is 0 Å². The zero-order chi connectivity index (χ0) is 25.9. The van der Waals surface area contributed by atoms with Gasteiger partial charge in [0, 0.05) is 5.69 Å². The smallest absolute Gasteiger partial charge is 0.271 e. The minimum absolute atomic E-state index is 0.218. The van der Waals surface area contributed by atoms with E-state index in [0.717, 1.165) is 16.9 Å². The molecule has 0 saturated heterocycles. The predicted molar refractivity (Wildman–Crippen MR) is 145 cm³/mol. The van der Waals surface area contributed by atoms with Gasteiger partial charge in [-0.15, -0.1) is 0 Å². The SMILES string of the molecule is COc1ccc(/C=c2\sc3n(c2=O)[C@@H](c2cccc(OC)c2)C(C(=O)Nc2ccccc2)=C(C)N=3)cc1. The minimum Gasteiger partial charge on any atom is -0.497 e. The zero-order valence-electron chi connectivity index (χ0n) is 20.6. The monoisotopic (exact) mass is 511 g/mol. The quantitative estimate of drug-likeness (QED) is 0.426. The Morgan fingerprint density at radius 2 is 1.70 bits per heavy atom. The molecule has 0 saturated carbocycles. The van der Waals surface area contributed by atoms with Crippen molar-refractivity contribution in [2.75, 3.05) is 19.5 Å². The molecule has 0 unspecified atom stereocenters. The Morgan fingerprint density at radius 3 is 2.41 bits per heavy atom. The third kappa shape index (κ3) is 4.83. The first-order valence-corrected chi connectivity index (χ1v) is 12.5. The van der Waals surface area contributed by atoms with Crippen molar-refractivity contribution in [3.05, 3.63) is 121 Å². The number of nitrogens with one attached hydrogen (secondary N) is 1. The van der Waals surface area contributed by atoms with Crippen LogP contribution >= 0.6 is 11.3 Å². The molecular formula is C29H25N3O4S. The number of methoxy groups -OCH3 is 2. The van der Waals surface area contributed by atoms with Crippen LogP contribution in [0.2, 0.25) is 0 Å². The standard InChI is InChI=1S/C29H25N3O4S/c1-18-25(27(33)31-21-9-5-4-6-10-21)26(20-8-7-11-23(17-20)36-3)32-28(34)24(37-29(32)30-18)16-19-12-14-22(35-2)15-13-19/h4-17,26H,1-3H3,(H,31,33)/b24-16-/t26-/m0/s1. The van der Waals surface area contributed by atoms with Gasteiger partial charge in [0.2, 0.25) is 0 Å². The van der Waals surface area contributed by atoms with Crippen molar-refractivity contribution >= 4 is 29.0 Å². The van der Waals surface area contributed by atoms with Gasteiger partial charge in [0.15, 0.2) is 4.80 Å². The second kappa shape index (κ2) is 10.3. The highest BCUT2D eigenvalue weighted by atomic mass is 32.1. The Morgan fingerprint density at radius 1 is 0.973 bits per heavy atom. The molecule has 1 amide bonds. The molecule has 4 aromatic rings. The lowest BCUT2D eigenvalue weighted by Crippen LogP contribution is -2.40. The maximum absolute atomic E-state index is 13.8. The number of anilines is 1. The Bertz CT molecular complexity index is 1670. The second-order valence-corrected chi connectivity index (χ2v) is 9.46. The minimum atomic E-state index is -0.673. The van der Waals surface area contributed by atoms with Gasteiger partial charge in [0.1, 0.15) is 11.5 Å². The first-order chi connectivity index (χ1) is 18.0. The van der Waals surface area contributed by atoms with Gasteiger partial charge in [-0.1, -0.05) is 53.8 Å². The molecule has 186 valence electrons. The summed E-state index contributed by atoms with van der Waals surface area (Å²) < 4.78 is 12.8. The Balaban J connectivity index is 1.67. The van der Waals surface area contributed by atoms with E-state index in [9.17, 15) is 9.59 Å². The van der Waals surface area contributed by atoms with Gasteiger partial charge in [-0.2, -0.15) is 0 Å². The van der Waals surface area contributed by atoms with Crippen LogP contribution in [-0.4, -0.2) is 24.7 Å². The van der Waals surface area contributed by atoms with E-state index < -0.39 is 6.04 Å². The molecule has 5 rings (SSSR count). The molecule has 2 heterocycles. The van der Waals surface area contributed by atoms with Crippen molar-refractivity contribution in [3.63, 3.8) is 0 Å². The zero-order valence-corrected chi connectivity index (χ0v) is 21.4. The van der Waals surface area contributed by atoms with E-state index in [1.54, 1.807) is 25.7 Å². The van der Waals surface area contributed by atoms with Gasteiger partial charge in [-0.3, -0.25) is 14.2 Å². The number of thiazole rings is 1. The molecule has 3 aromatic carbocycles. The fourth-order valence-corrected chi connectivity index (χ4v) is 5.36. The van der Waals surface area contributed by atoms with Gasteiger partial charge < -0.3 is 14.8 Å². The first-order valence-electron chi connectivity index (χ1n) is 11.7. The van der Waals surface area contributed by atoms with Crippen LogP contribution in [0.25, 0.3) is 6.08 Å². The fraction of sp³-hybridized carbons (Fsp3) is 0.138. The average Bonchev–Trinajstić information content (AvgIpc) is 3.22. The molecule has 0 radical (unpaired) electrons. The number of nitrogens with zero attached hydrogens (tertiary/aromatic N) is 2. The summed E-state index contributed by atoms with van der Waals surface area (Å²) in [6.45, 7) is 1.80. The van der Waals surface area contributed by atoms with Crippen LogP contribution in [0.5, 0.6) is 11.5 Å². The van der Waals surface area contributed by atoms with Crippen LogP contribution in [-0.2, 0) is 4.79 Å². The van der Waals surface area contributed by atoms with Crippen LogP contribution in [0.15, 0.2) is 99.9 Å². The van der Waals surface area contributed by atoms with E-state index in [2.05, 4.69) is 10.3 Å². The van der Waals surface area contributed by atoms with Gasteiger partial charge in [0.05, 0.1) is 36.1 Å². The fourth-order valence-electron chi connectivity index (χ4n) is 4.31. The number of rotatable bonds is 6. The van der Waals surface area contributed by atoms with E-state index in [0.29, 0.717) is 32.0 Å². The summed E-state index contributed by atoms with van der Waals surface area (Å²) in [5.41, 5.74) is 3.02. The predicted octanol–water partition coefficient (Wildman–Crippen LogP) is 3.89. The molecule has 1 atom stereocenters. The number of carbonyl (C=O) groups excluding carboxylic acids is 1. The lowest BCUT2D eigenvalue weighted by atomic mass is 9.95. The summed E-state index contributed by atoms with van der Waals surface area (Å²) >= 11 is 1.30. The lowest BCUT2D eigenvalue weighted by Gasteiger charge is -2.25. The summed E-state index contributed by atoms with van der Waals surface area (Å²) in [4.78, 5) is 32.6. The summed E-state index contributed by atoms with van der Waals surface area (Å²) in [6.07, 6.45) is 1.83. The Hall–Kier alpha value is -4.43. The molecule has 0 bridgehead atoms. The molecule has 1 aromatic heterocycles. The number of benzene rings is 3. The highest BCUT2D eigenvalue weighted by Gasteiger charge is 2.32. The average molecular weight is 512 g/mol. The van der Waals surface area contributed by atoms with Gasteiger partial charge in [-0.25, -0.2) is 4.99 Å². The van der Waals surface area contributed by atoms with Crippen molar-refractivity contribution in [2.24, 2.45) is 4.99 Å². The number of amides is 1. The van der Waals surface area contributed by atoms with Crippen LogP contribution in [0.4, 0.5) is 5.69 Å². The van der Waals surface area contributed by atoms with Crippen molar-refractivity contribution in [1.29, 1.82) is 0 Å². The highest BCUT2D eigenvalue weighted by Crippen LogP contribution is 2.32. The molecule has 7 nitrogen and oxygen atoms in total. The van der Waals surface area contributed by atoms with Crippen LogP contribution < -0.4 is 29.7 Å². The van der Waals surface area contributed by atoms with E-state index in [-0.39, 0.29) is 11.5 Å². The van der Waals surface area contributed by atoms with Crippen molar-refractivity contribution in [2.45, 2.75) is 13.0 Å². The summed E-state index contributed by atoms with van der Waals surface area (Å²) in [5, 5.41) is 2.96. The number of fused-ring (bicyclic) bond motifs is 1. The van der Waals surface area contributed by atoms with Gasteiger partial charge in [0.25, 0.3) is 11.5 Å². The summed E-state index contributed by atoms with van der Waals surface area (Å²) in [6, 6.07) is 23.4. The largest absolute Gasteiger partial charge is 0.497 e. The molecule has 0 fully saturated rings. The molecule has 1 aliphatic heterocycles. The first kappa shape index (κ1) is 24.3. The van der Waals surface area contributed by atoms with Crippen LogP contribution in [0, 0.1) is 0 Å². The number of hydrogen-bond acceptors (Lipinski definition) is 6. The number of aromatic nitrogens is 1. The highest BCUT2D eigenvalue weighted by molar-refractivity contribution is 7.07. The Kier molecular flexibility index (Phi) is 6.74. The molecule has 8 heteroatoms. The van der Waals surface area contributed by atoms with Crippen molar-refractivity contribution < 1.29 is 14.3 Å². The molecular weight excluding hydrogens is 486 g/mol. The number of allylic oxidation sites excluding steroid dienone is 1. The molecule has 0 aliphatic carbocycles. The Labute approximate surface area is 217 Å². The molecule has 1 N–H and O–H groups in total. The van der Waals surface area contributed by atoms with Gasteiger partial charge in [-0.05, 0) is 60.5 Å². The van der Waals surface area contributed by atoms with Crippen molar-refractivity contribution in [3.8, 4) is 11.5 Å². The lowest BCUT2D eigenvalue weighted by molar-refractivity contribution is -0.113. The van der Waals surface area contributed by atoms with Crippen LogP contribution in [0.1, 0.15) is 24.1 Å². The number of carbonyl (C=O) groups is 1. The summed E-state index contributed by atoms with van der Waals surface area (Å²) in [5.74, 6) is 1.06. The summed E-state index contributed by atoms with van der Waals surface area (Å²) in [7, 11) is 3.20. The molecule has 0 spiro atoms. The third-order valence-corrected chi connectivity index (χ3v) is 7.10. The normalized spacial score (nSPS) is 15.1. The van der Waals surface area contributed by atoms with E-state index in [4.69, 9.17) is 9.47 Å². The van der Waals surface area contributed by atoms with E-state index in [1.807, 2.05) is 84.9 Å². The number of hydrogen-bond donors (Lipinski definition) is 1.